The van der Waals surface area contributed by atoms with E-state index in [0.29, 0.717) is 16.3 Å². The zero-order chi connectivity index (χ0) is 14.9. The Morgan fingerprint density at radius 3 is 2.75 bits per heavy atom. The van der Waals surface area contributed by atoms with E-state index in [-0.39, 0.29) is 22.0 Å². The minimum Gasteiger partial charge on any atom is -0.397 e. The van der Waals surface area contributed by atoms with Crippen LogP contribution < -0.4 is 15.3 Å². The van der Waals surface area contributed by atoms with Crippen molar-refractivity contribution in [3.8, 4) is 0 Å². The van der Waals surface area contributed by atoms with E-state index < -0.39 is 10.0 Å². The maximum Gasteiger partial charge on any atom is 0.304 e. The summed E-state index contributed by atoms with van der Waals surface area (Å²) in [4.78, 5) is 13.3. The Balaban J connectivity index is 2.26. The predicted octanol–water partition coefficient (Wildman–Crippen LogP) is 1.46. The highest BCUT2D eigenvalue weighted by Gasteiger charge is 2.18. The molecule has 9 heteroatoms. The highest BCUT2D eigenvalue weighted by molar-refractivity contribution is 7.89. The SMILES string of the molecule is Cc1cc(Cl)c(N)cc1S(=O)(=O)NCc1csc(=O)[nH]1. The fraction of sp³-hybridized carbons (Fsp3) is 0.182. The largest absolute Gasteiger partial charge is 0.397 e. The number of sulfonamides is 1. The Bertz CT molecular complexity index is 795. The Morgan fingerprint density at radius 1 is 1.45 bits per heavy atom. The molecule has 1 heterocycles. The molecule has 0 aliphatic rings. The lowest BCUT2D eigenvalue weighted by molar-refractivity contribution is 0.580. The second-order valence-corrected chi connectivity index (χ2v) is 7.12. The number of benzene rings is 1. The van der Waals surface area contributed by atoms with E-state index in [2.05, 4.69) is 9.71 Å². The summed E-state index contributed by atoms with van der Waals surface area (Å²) >= 11 is 6.81. The monoisotopic (exact) mass is 333 g/mol. The molecule has 20 heavy (non-hydrogen) atoms. The average Bonchev–Trinajstić information content (AvgIpc) is 2.77. The summed E-state index contributed by atoms with van der Waals surface area (Å²) < 4.78 is 26.8. The van der Waals surface area contributed by atoms with E-state index in [0.717, 1.165) is 11.3 Å². The normalized spacial score (nSPS) is 11.7. The first kappa shape index (κ1) is 15.0. The highest BCUT2D eigenvalue weighted by Crippen LogP contribution is 2.26. The summed E-state index contributed by atoms with van der Waals surface area (Å²) in [6.07, 6.45) is 0. The molecular weight excluding hydrogens is 322 g/mol. The summed E-state index contributed by atoms with van der Waals surface area (Å²) in [5.74, 6) is 0. The number of aromatic amines is 1. The Morgan fingerprint density at radius 2 is 2.15 bits per heavy atom. The van der Waals surface area contributed by atoms with Crippen molar-refractivity contribution in [2.45, 2.75) is 18.4 Å². The van der Waals surface area contributed by atoms with E-state index in [1.165, 1.54) is 12.1 Å². The first-order valence-corrected chi connectivity index (χ1v) is 8.25. The van der Waals surface area contributed by atoms with Crippen LogP contribution in [0.5, 0.6) is 0 Å². The fourth-order valence-corrected chi connectivity index (χ4v) is 3.67. The smallest absolute Gasteiger partial charge is 0.304 e. The number of aryl methyl sites for hydroxylation is 1. The minimum atomic E-state index is -3.73. The van der Waals surface area contributed by atoms with Gasteiger partial charge < -0.3 is 10.7 Å². The molecule has 0 aliphatic carbocycles. The number of aromatic nitrogens is 1. The minimum absolute atomic E-state index is 0.00302. The zero-order valence-corrected chi connectivity index (χ0v) is 12.8. The molecule has 2 aromatic rings. The number of halogens is 1. The van der Waals surface area contributed by atoms with Crippen LogP contribution in [-0.2, 0) is 16.6 Å². The number of hydrogen-bond donors (Lipinski definition) is 3. The van der Waals surface area contributed by atoms with Gasteiger partial charge in [0.15, 0.2) is 0 Å². The molecule has 0 spiro atoms. The van der Waals surface area contributed by atoms with Gasteiger partial charge in [-0.2, -0.15) is 0 Å². The van der Waals surface area contributed by atoms with Gasteiger partial charge in [-0.15, -0.1) is 0 Å². The molecule has 0 saturated carbocycles. The predicted molar refractivity (Wildman–Crippen MR) is 79.6 cm³/mol. The summed E-state index contributed by atoms with van der Waals surface area (Å²) in [6, 6.07) is 2.81. The number of thiazole rings is 1. The van der Waals surface area contributed by atoms with Gasteiger partial charge in [0.05, 0.1) is 22.2 Å². The zero-order valence-electron chi connectivity index (χ0n) is 10.4. The molecule has 1 aromatic carbocycles. The van der Waals surface area contributed by atoms with Gasteiger partial charge in [0.2, 0.25) is 10.0 Å². The molecule has 0 aliphatic heterocycles. The van der Waals surface area contributed by atoms with Crippen LogP contribution in [0.3, 0.4) is 0 Å². The molecule has 0 amide bonds. The van der Waals surface area contributed by atoms with Crippen molar-refractivity contribution in [3.05, 3.63) is 43.5 Å². The number of H-pyrrole nitrogens is 1. The van der Waals surface area contributed by atoms with Gasteiger partial charge in [-0.25, -0.2) is 13.1 Å². The summed E-state index contributed by atoms with van der Waals surface area (Å²) in [6.45, 7) is 1.63. The van der Waals surface area contributed by atoms with Crippen LogP contribution in [0.25, 0.3) is 0 Å². The molecule has 0 atom stereocenters. The standard InChI is InChI=1S/C11H12ClN3O3S2/c1-6-2-8(12)9(13)3-10(6)20(17,18)14-4-7-5-19-11(16)15-7/h2-3,5,14H,4,13H2,1H3,(H,15,16). The van der Waals surface area contributed by atoms with E-state index in [4.69, 9.17) is 17.3 Å². The first-order chi connectivity index (χ1) is 9.29. The van der Waals surface area contributed by atoms with Crippen molar-refractivity contribution in [1.82, 2.24) is 9.71 Å². The second-order valence-electron chi connectivity index (χ2n) is 4.14. The molecule has 0 radical (unpaired) electrons. The number of nitrogens with two attached hydrogens (primary N) is 1. The lowest BCUT2D eigenvalue weighted by atomic mass is 10.2. The third kappa shape index (κ3) is 3.21. The molecule has 0 saturated heterocycles. The van der Waals surface area contributed by atoms with Crippen LogP contribution in [0.2, 0.25) is 5.02 Å². The van der Waals surface area contributed by atoms with Gasteiger partial charge in [0.25, 0.3) is 0 Å². The molecule has 2 rings (SSSR count). The van der Waals surface area contributed by atoms with Gasteiger partial charge >= 0.3 is 4.87 Å². The van der Waals surface area contributed by atoms with Crippen LogP contribution in [0.1, 0.15) is 11.3 Å². The number of nitrogens with one attached hydrogen (secondary N) is 2. The number of hydrogen-bond acceptors (Lipinski definition) is 5. The Hall–Kier alpha value is -1.35. The quantitative estimate of drug-likeness (QED) is 0.736. The third-order valence-corrected chi connectivity index (χ3v) is 5.20. The fourth-order valence-electron chi connectivity index (χ4n) is 1.61. The Kier molecular flexibility index (Phi) is 4.19. The van der Waals surface area contributed by atoms with E-state index in [1.54, 1.807) is 12.3 Å². The van der Waals surface area contributed by atoms with Gasteiger partial charge in [-0.3, -0.25) is 4.79 Å². The van der Waals surface area contributed by atoms with Crippen molar-refractivity contribution < 1.29 is 8.42 Å². The van der Waals surface area contributed by atoms with E-state index in [9.17, 15) is 13.2 Å². The molecule has 0 bridgehead atoms. The summed E-state index contributed by atoms with van der Waals surface area (Å²) in [7, 11) is -3.73. The number of nitrogen functional groups attached to an aromatic ring is 1. The van der Waals surface area contributed by atoms with Crippen LogP contribution >= 0.6 is 22.9 Å². The second kappa shape index (κ2) is 5.57. The number of rotatable bonds is 4. The van der Waals surface area contributed by atoms with Gasteiger partial charge in [0.1, 0.15) is 0 Å². The first-order valence-electron chi connectivity index (χ1n) is 5.51. The van der Waals surface area contributed by atoms with Crippen LogP contribution in [-0.4, -0.2) is 13.4 Å². The van der Waals surface area contributed by atoms with Crippen molar-refractivity contribution in [1.29, 1.82) is 0 Å². The van der Waals surface area contributed by atoms with Crippen LogP contribution in [0.15, 0.2) is 27.2 Å². The molecular formula is C11H12ClN3O3S2. The summed E-state index contributed by atoms with van der Waals surface area (Å²) in [5.41, 5.74) is 6.82. The molecule has 0 unspecified atom stereocenters. The molecule has 1 aromatic heterocycles. The van der Waals surface area contributed by atoms with Gasteiger partial charge in [-0.1, -0.05) is 22.9 Å². The molecule has 6 nitrogen and oxygen atoms in total. The highest BCUT2D eigenvalue weighted by atomic mass is 35.5. The van der Waals surface area contributed by atoms with Crippen LogP contribution in [0.4, 0.5) is 5.69 Å². The third-order valence-electron chi connectivity index (χ3n) is 2.61. The van der Waals surface area contributed by atoms with Gasteiger partial charge in [-0.05, 0) is 24.6 Å². The van der Waals surface area contributed by atoms with Crippen molar-refractivity contribution >= 4 is 38.6 Å². The van der Waals surface area contributed by atoms with Crippen molar-refractivity contribution in [2.75, 3.05) is 5.73 Å². The van der Waals surface area contributed by atoms with Gasteiger partial charge in [0, 0.05) is 11.1 Å². The van der Waals surface area contributed by atoms with E-state index in [1.807, 2.05) is 0 Å². The lowest BCUT2D eigenvalue weighted by Gasteiger charge is -2.10. The lowest BCUT2D eigenvalue weighted by Crippen LogP contribution is -2.24. The van der Waals surface area contributed by atoms with Crippen LogP contribution in [0, 0.1) is 6.92 Å². The van der Waals surface area contributed by atoms with E-state index >= 15 is 0 Å². The van der Waals surface area contributed by atoms with Crippen molar-refractivity contribution in [3.63, 3.8) is 0 Å². The number of anilines is 1. The summed E-state index contributed by atoms with van der Waals surface area (Å²) in [5, 5.41) is 1.87. The maximum atomic E-state index is 12.2. The van der Waals surface area contributed by atoms with Crippen molar-refractivity contribution in [2.24, 2.45) is 0 Å². The molecule has 0 fully saturated rings. The Labute approximate surface area is 124 Å². The maximum absolute atomic E-state index is 12.2. The average molecular weight is 334 g/mol. The molecule has 4 N–H and O–H groups in total. The topological polar surface area (TPSA) is 105 Å². The molecule has 108 valence electrons.